The molecule has 0 aliphatic rings. The van der Waals surface area contributed by atoms with Gasteiger partial charge < -0.3 is 9.47 Å². The van der Waals surface area contributed by atoms with E-state index < -0.39 is 23.6 Å². The van der Waals surface area contributed by atoms with Crippen molar-refractivity contribution in [2.75, 3.05) is 20.8 Å². The zero-order valence-corrected chi connectivity index (χ0v) is 10.8. The Morgan fingerprint density at radius 1 is 1.28 bits per heavy atom. The molecule has 0 fully saturated rings. The summed E-state index contributed by atoms with van der Waals surface area (Å²) >= 11 is 0. The van der Waals surface area contributed by atoms with E-state index >= 15 is 0 Å². The number of carbonyl (C=O) groups excluding carboxylic acids is 3. The highest BCUT2D eigenvalue weighted by molar-refractivity contribution is 6.21. The lowest BCUT2D eigenvalue weighted by Crippen LogP contribution is -2.33. The fourth-order valence-corrected chi connectivity index (χ4v) is 1.31. The van der Waals surface area contributed by atoms with Crippen LogP contribution >= 0.6 is 0 Å². The lowest BCUT2D eigenvalue weighted by Gasteiger charge is -2.13. The van der Waals surface area contributed by atoms with E-state index in [0.717, 1.165) is 0 Å². The quantitative estimate of drug-likeness (QED) is 0.287. The molecule has 0 heterocycles. The molecule has 1 atom stereocenters. The van der Waals surface area contributed by atoms with Crippen molar-refractivity contribution in [1.29, 1.82) is 0 Å². The minimum Gasteiger partial charge on any atom is -0.469 e. The number of esters is 2. The molecule has 0 aliphatic carbocycles. The molecule has 0 aromatic heterocycles. The van der Waals surface area contributed by atoms with Gasteiger partial charge in [-0.1, -0.05) is 6.08 Å². The van der Waals surface area contributed by atoms with Gasteiger partial charge in [0.05, 0.1) is 27.2 Å². The van der Waals surface area contributed by atoms with Crippen molar-refractivity contribution in [2.45, 2.75) is 13.3 Å². The van der Waals surface area contributed by atoms with Crippen molar-refractivity contribution in [3.8, 4) is 0 Å². The summed E-state index contributed by atoms with van der Waals surface area (Å²) in [6.07, 6.45) is 1.26. The first kappa shape index (κ1) is 16.0. The Kier molecular flexibility index (Phi) is 7.26. The maximum absolute atomic E-state index is 11.5. The number of hydrogen-bond donors (Lipinski definition) is 0. The zero-order chi connectivity index (χ0) is 14.1. The molecule has 0 saturated carbocycles. The maximum Gasteiger partial charge on any atom is 0.322 e. The Bertz CT molecular complexity index is 373. The Morgan fingerprint density at radius 3 is 2.28 bits per heavy atom. The molecule has 100 valence electrons. The largest absolute Gasteiger partial charge is 0.469 e. The van der Waals surface area contributed by atoms with Crippen LogP contribution in [-0.4, -0.2) is 44.2 Å². The molecule has 0 rings (SSSR count). The van der Waals surface area contributed by atoms with Crippen molar-refractivity contribution in [1.82, 2.24) is 0 Å². The van der Waals surface area contributed by atoms with Crippen molar-refractivity contribution in [3.05, 3.63) is 12.7 Å². The molecule has 18 heavy (non-hydrogen) atoms. The van der Waals surface area contributed by atoms with Crippen molar-refractivity contribution >= 4 is 23.4 Å². The summed E-state index contributed by atoms with van der Waals surface area (Å²) < 4.78 is 9.03. The fraction of sp³-hybridized carbons (Fsp3) is 0.500. The number of ether oxygens (including phenoxy) is 2. The van der Waals surface area contributed by atoms with E-state index in [1.54, 1.807) is 0 Å². The molecule has 0 bridgehead atoms. The van der Waals surface area contributed by atoms with Gasteiger partial charge in [-0.3, -0.25) is 19.4 Å². The van der Waals surface area contributed by atoms with Gasteiger partial charge in [-0.05, 0) is 6.92 Å². The summed E-state index contributed by atoms with van der Waals surface area (Å²) in [4.78, 5) is 38.2. The number of ketones is 1. The summed E-state index contributed by atoms with van der Waals surface area (Å²) in [6.45, 7) is 4.92. The van der Waals surface area contributed by atoms with Crippen LogP contribution in [0.25, 0.3) is 0 Å². The number of nitrogens with zero attached hydrogens (tertiary/aromatic N) is 1. The molecular formula is C12H17NO5. The topological polar surface area (TPSA) is 82.0 Å². The van der Waals surface area contributed by atoms with E-state index in [1.807, 2.05) is 0 Å². The third kappa shape index (κ3) is 4.90. The van der Waals surface area contributed by atoms with E-state index in [4.69, 9.17) is 0 Å². The third-order valence-electron chi connectivity index (χ3n) is 2.15. The monoisotopic (exact) mass is 255 g/mol. The summed E-state index contributed by atoms with van der Waals surface area (Å²) in [5.41, 5.74) is 0.126. The van der Waals surface area contributed by atoms with Gasteiger partial charge in [0.25, 0.3) is 0 Å². The number of methoxy groups -OCH3 is 2. The van der Waals surface area contributed by atoms with Gasteiger partial charge in [0.2, 0.25) is 0 Å². The highest BCUT2D eigenvalue weighted by Gasteiger charge is 2.31. The van der Waals surface area contributed by atoms with Crippen LogP contribution in [0.1, 0.15) is 13.3 Å². The number of aliphatic imine (C=N–C) groups is 1. The average molecular weight is 255 g/mol. The van der Waals surface area contributed by atoms with Crippen LogP contribution in [0.2, 0.25) is 0 Å². The van der Waals surface area contributed by atoms with E-state index in [2.05, 4.69) is 21.0 Å². The van der Waals surface area contributed by atoms with Crippen LogP contribution in [0, 0.1) is 5.92 Å². The molecule has 6 heteroatoms. The Hall–Kier alpha value is -1.98. The molecule has 0 N–H and O–H groups in total. The van der Waals surface area contributed by atoms with Gasteiger partial charge in [0, 0.05) is 5.71 Å². The highest BCUT2D eigenvalue weighted by Crippen LogP contribution is 2.09. The minimum absolute atomic E-state index is 0.126. The summed E-state index contributed by atoms with van der Waals surface area (Å²) in [5, 5.41) is 0. The third-order valence-corrected chi connectivity index (χ3v) is 2.15. The van der Waals surface area contributed by atoms with Crippen molar-refractivity contribution in [2.24, 2.45) is 10.9 Å². The van der Waals surface area contributed by atoms with Crippen LogP contribution in [0.3, 0.4) is 0 Å². The number of hydrogen-bond acceptors (Lipinski definition) is 6. The molecule has 0 amide bonds. The molecule has 0 saturated heterocycles. The molecule has 6 nitrogen and oxygen atoms in total. The highest BCUT2D eigenvalue weighted by atomic mass is 16.5. The second-order valence-electron chi connectivity index (χ2n) is 3.44. The molecule has 0 aromatic carbocycles. The van der Waals surface area contributed by atoms with Crippen LogP contribution in [0.5, 0.6) is 0 Å². The number of Topliss-reactive ketones (excluding diaryl/α,β-unsaturated/α-hetero) is 1. The maximum atomic E-state index is 11.5. The standard InChI is InChI=1S/C12H17NO5/c1-5-6-13-9(7-10(15)17-3)11(8(2)14)12(16)18-4/h5,11H,1,6-7H2,2-4H3. The SMILES string of the molecule is C=CCN=C(CC(=O)OC)C(C(C)=O)C(=O)OC. The average Bonchev–Trinajstić information content (AvgIpc) is 2.34. The Balaban J connectivity index is 5.22. The van der Waals surface area contributed by atoms with Crippen molar-refractivity contribution in [3.63, 3.8) is 0 Å². The zero-order valence-electron chi connectivity index (χ0n) is 10.8. The second-order valence-corrected chi connectivity index (χ2v) is 3.44. The molecule has 0 radical (unpaired) electrons. The predicted octanol–water partition coefficient (Wildman–Crippen LogP) is 0.555. The van der Waals surface area contributed by atoms with Gasteiger partial charge in [-0.25, -0.2) is 0 Å². The van der Waals surface area contributed by atoms with Gasteiger partial charge in [-0.15, -0.1) is 6.58 Å². The molecule has 1 unspecified atom stereocenters. The van der Waals surface area contributed by atoms with Crippen LogP contribution < -0.4 is 0 Å². The number of rotatable bonds is 7. The lowest BCUT2D eigenvalue weighted by molar-refractivity contribution is -0.146. The van der Waals surface area contributed by atoms with Crippen LogP contribution in [0.4, 0.5) is 0 Å². The smallest absolute Gasteiger partial charge is 0.322 e. The Morgan fingerprint density at radius 2 is 1.89 bits per heavy atom. The van der Waals surface area contributed by atoms with E-state index in [0.29, 0.717) is 0 Å². The number of carbonyl (C=O) groups is 3. The summed E-state index contributed by atoms with van der Waals surface area (Å²) in [5.74, 6) is -2.93. The van der Waals surface area contributed by atoms with Gasteiger partial charge >= 0.3 is 11.9 Å². The van der Waals surface area contributed by atoms with Gasteiger partial charge in [0.15, 0.2) is 5.92 Å². The first-order valence-corrected chi connectivity index (χ1v) is 5.27. The van der Waals surface area contributed by atoms with E-state index in [-0.39, 0.29) is 18.7 Å². The van der Waals surface area contributed by atoms with Gasteiger partial charge in [-0.2, -0.15) is 0 Å². The van der Waals surface area contributed by atoms with Gasteiger partial charge in [0.1, 0.15) is 5.78 Å². The van der Waals surface area contributed by atoms with Crippen LogP contribution in [0.15, 0.2) is 17.6 Å². The summed E-state index contributed by atoms with van der Waals surface area (Å²) in [7, 11) is 2.38. The molecular weight excluding hydrogens is 238 g/mol. The lowest BCUT2D eigenvalue weighted by atomic mass is 9.96. The minimum atomic E-state index is -1.17. The van der Waals surface area contributed by atoms with Crippen LogP contribution in [-0.2, 0) is 23.9 Å². The Labute approximate surface area is 106 Å². The van der Waals surface area contributed by atoms with E-state index in [1.165, 1.54) is 27.2 Å². The summed E-state index contributed by atoms with van der Waals surface area (Å²) in [6, 6.07) is 0. The first-order valence-electron chi connectivity index (χ1n) is 5.27. The second kappa shape index (κ2) is 8.16. The van der Waals surface area contributed by atoms with E-state index in [9.17, 15) is 14.4 Å². The molecule has 0 aliphatic heterocycles. The predicted molar refractivity (Wildman–Crippen MR) is 65.3 cm³/mol. The normalized spacial score (nSPS) is 12.5. The van der Waals surface area contributed by atoms with Crippen molar-refractivity contribution < 1.29 is 23.9 Å². The molecule has 0 aromatic rings. The molecule has 0 spiro atoms. The fourth-order valence-electron chi connectivity index (χ4n) is 1.31. The first-order chi connectivity index (χ1) is 8.47.